The zero-order chi connectivity index (χ0) is 16.5. The lowest BCUT2D eigenvalue weighted by atomic mass is 9.98. The first kappa shape index (κ1) is 16.7. The van der Waals surface area contributed by atoms with Crippen LogP contribution >= 0.6 is 22.7 Å². The van der Waals surface area contributed by atoms with Crippen LogP contribution in [0.5, 0.6) is 0 Å². The van der Waals surface area contributed by atoms with Crippen LogP contribution in [0.25, 0.3) is 0 Å². The third-order valence-corrected chi connectivity index (χ3v) is 7.06. The summed E-state index contributed by atoms with van der Waals surface area (Å²) in [5.74, 6) is 0.412. The van der Waals surface area contributed by atoms with E-state index in [9.17, 15) is 0 Å². The van der Waals surface area contributed by atoms with Gasteiger partial charge in [0.2, 0.25) is 0 Å². The van der Waals surface area contributed by atoms with E-state index in [1.165, 1.54) is 25.8 Å². The molecule has 0 aliphatic carbocycles. The predicted octanol–water partition coefficient (Wildman–Crippen LogP) is 3.14. The molecule has 4 nitrogen and oxygen atoms in total. The number of nitrogens with two attached hydrogens (primary N) is 1. The van der Waals surface area contributed by atoms with Gasteiger partial charge in [0.05, 0.1) is 25.4 Å². The predicted molar refractivity (Wildman–Crippen MR) is 99.1 cm³/mol. The summed E-state index contributed by atoms with van der Waals surface area (Å²) in [7, 11) is 0. The topological polar surface area (TPSA) is 56.5 Å². The molecule has 0 bridgehead atoms. The van der Waals surface area contributed by atoms with E-state index < -0.39 is 0 Å². The van der Waals surface area contributed by atoms with Crippen molar-refractivity contribution in [3.63, 3.8) is 0 Å². The first-order valence-corrected chi connectivity index (χ1v) is 10.3. The second-order valence-electron chi connectivity index (χ2n) is 6.50. The van der Waals surface area contributed by atoms with E-state index in [0.717, 1.165) is 32.7 Å². The maximum absolute atomic E-state index is 6.00. The molecule has 0 aromatic carbocycles. The first-order valence-electron chi connectivity index (χ1n) is 8.56. The molecule has 0 radical (unpaired) electrons. The number of ether oxygens (including phenoxy) is 2. The summed E-state index contributed by atoms with van der Waals surface area (Å²) in [5, 5.41) is 5.77. The number of thiophene rings is 2. The minimum absolute atomic E-state index is 0.0699. The van der Waals surface area contributed by atoms with Crippen LogP contribution in [0, 0.1) is 6.92 Å². The molecule has 3 atom stereocenters. The molecular weight excluding hydrogens is 340 g/mol. The summed E-state index contributed by atoms with van der Waals surface area (Å²) in [4.78, 5) is 4.31. The smallest absolute Gasteiger partial charge is 0.0960 e. The van der Waals surface area contributed by atoms with Crippen LogP contribution in [0.4, 0.5) is 0 Å². The van der Waals surface area contributed by atoms with Crippen molar-refractivity contribution in [3.8, 4) is 0 Å². The van der Waals surface area contributed by atoms with E-state index in [0.29, 0.717) is 12.5 Å². The van der Waals surface area contributed by atoms with E-state index in [1.807, 2.05) is 22.7 Å². The van der Waals surface area contributed by atoms with Crippen molar-refractivity contribution in [3.05, 3.63) is 43.3 Å². The highest BCUT2D eigenvalue weighted by Crippen LogP contribution is 2.37. The third kappa shape index (κ3) is 3.19. The highest BCUT2D eigenvalue weighted by molar-refractivity contribution is 7.12. The molecule has 2 unspecified atom stereocenters. The van der Waals surface area contributed by atoms with Crippen LogP contribution in [0.15, 0.2) is 17.5 Å². The molecule has 2 aliphatic heterocycles. The first-order chi connectivity index (χ1) is 11.8. The van der Waals surface area contributed by atoms with Gasteiger partial charge in [-0.05, 0) is 35.6 Å². The fraction of sp³-hybridized carbons (Fsp3) is 0.556. The molecule has 0 saturated carbocycles. The Morgan fingerprint density at radius 2 is 2.17 bits per heavy atom. The average Bonchev–Trinajstić information content (AvgIpc) is 3.21. The summed E-state index contributed by atoms with van der Waals surface area (Å²) in [6, 6.07) is 4.45. The Morgan fingerprint density at radius 1 is 1.25 bits per heavy atom. The minimum Gasteiger partial charge on any atom is -0.372 e. The molecule has 3 N–H and O–H groups in total. The largest absolute Gasteiger partial charge is 0.372 e. The molecule has 2 aromatic rings. The molecule has 0 fully saturated rings. The minimum atomic E-state index is 0.0699. The van der Waals surface area contributed by atoms with Crippen LogP contribution in [0.2, 0.25) is 0 Å². The van der Waals surface area contributed by atoms with Gasteiger partial charge in [0.1, 0.15) is 0 Å². The molecule has 2 aromatic heterocycles. The van der Waals surface area contributed by atoms with Gasteiger partial charge in [-0.3, -0.25) is 0 Å². The second kappa shape index (κ2) is 7.23. The van der Waals surface area contributed by atoms with E-state index in [1.54, 1.807) is 0 Å². The lowest BCUT2D eigenvalue weighted by molar-refractivity contribution is 0.0292. The van der Waals surface area contributed by atoms with Gasteiger partial charge in [0, 0.05) is 46.6 Å². The molecule has 0 amide bonds. The van der Waals surface area contributed by atoms with E-state index in [4.69, 9.17) is 15.2 Å². The molecule has 4 heterocycles. The Hall–Kier alpha value is -0.760. The van der Waals surface area contributed by atoms with Gasteiger partial charge in [-0.15, -0.1) is 22.7 Å². The quantitative estimate of drug-likeness (QED) is 0.856. The monoisotopic (exact) mass is 364 g/mol. The molecule has 24 heavy (non-hydrogen) atoms. The van der Waals surface area contributed by atoms with Crippen LogP contribution in [0.3, 0.4) is 0 Å². The van der Waals surface area contributed by atoms with Gasteiger partial charge in [-0.25, -0.2) is 0 Å². The Bertz CT molecular complexity index is 697. The van der Waals surface area contributed by atoms with Crippen LogP contribution in [-0.2, 0) is 15.9 Å². The standard InChI is InChI=1S/C18H24N2O2S2/c1-11-6-14-16(21-4-2-17(14)24-11)9-20-8-12-10-22-15(7-19)13-3-5-23-18(12)13/h3,5-6,12,15-16,20H,2,4,7-10,19H2,1H3/t12?,15-,16?/m0/s1. The number of aryl methyl sites for hydroxylation is 1. The lowest BCUT2D eigenvalue weighted by Gasteiger charge is -2.30. The fourth-order valence-corrected chi connectivity index (χ4v) is 5.77. The molecule has 0 saturated heterocycles. The molecule has 2 aliphatic rings. The van der Waals surface area contributed by atoms with Gasteiger partial charge < -0.3 is 20.5 Å². The van der Waals surface area contributed by atoms with Crippen molar-refractivity contribution >= 4 is 22.7 Å². The Balaban J connectivity index is 1.37. The molecule has 130 valence electrons. The Kier molecular flexibility index (Phi) is 5.03. The number of hydrogen-bond acceptors (Lipinski definition) is 6. The van der Waals surface area contributed by atoms with Crippen LogP contribution in [-0.4, -0.2) is 32.8 Å². The highest BCUT2D eigenvalue weighted by atomic mass is 32.1. The Morgan fingerprint density at radius 3 is 3.04 bits per heavy atom. The van der Waals surface area contributed by atoms with E-state index >= 15 is 0 Å². The number of nitrogens with one attached hydrogen (secondary N) is 1. The lowest BCUT2D eigenvalue weighted by Crippen LogP contribution is -2.33. The number of fused-ring (bicyclic) bond motifs is 2. The van der Waals surface area contributed by atoms with E-state index in [-0.39, 0.29) is 12.2 Å². The van der Waals surface area contributed by atoms with Crippen molar-refractivity contribution in [2.75, 3.05) is 32.8 Å². The van der Waals surface area contributed by atoms with Gasteiger partial charge >= 0.3 is 0 Å². The van der Waals surface area contributed by atoms with Gasteiger partial charge in [0.15, 0.2) is 0 Å². The average molecular weight is 365 g/mol. The van der Waals surface area contributed by atoms with Crippen molar-refractivity contribution in [1.82, 2.24) is 5.32 Å². The fourth-order valence-electron chi connectivity index (χ4n) is 3.66. The van der Waals surface area contributed by atoms with Crippen molar-refractivity contribution in [2.24, 2.45) is 5.73 Å². The van der Waals surface area contributed by atoms with Crippen molar-refractivity contribution < 1.29 is 9.47 Å². The zero-order valence-electron chi connectivity index (χ0n) is 13.9. The third-order valence-electron chi connectivity index (χ3n) is 4.84. The summed E-state index contributed by atoms with van der Waals surface area (Å²) in [5.41, 5.74) is 8.48. The number of hydrogen-bond donors (Lipinski definition) is 2. The van der Waals surface area contributed by atoms with Gasteiger partial charge in [-0.2, -0.15) is 0 Å². The molecule has 4 rings (SSSR count). The zero-order valence-corrected chi connectivity index (χ0v) is 15.6. The van der Waals surface area contributed by atoms with Crippen molar-refractivity contribution in [2.45, 2.75) is 31.5 Å². The van der Waals surface area contributed by atoms with Crippen LogP contribution in [0.1, 0.15) is 43.9 Å². The van der Waals surface area contributed by atoms with E-state index in [2.05, 4.69) is 29.8 Å². The second-order valence-corrected chi connectivity index (χ2v) is 8.79. The van der Waals surface area contributed by atoms with Gasteiger partial charge in [0.25, 0.3) is 0 Å². The normalized spacial score (nSPS) is 26.2. The maximum atomic E-state index is 6.00. The molecule has 0 spiro atoms. The van der Waals surface area contributed by atoms with Crippen molar-refractivity contribution in [1.29, 1.82) is 0 Å². The summed E-state index contributed by atoms with van der Waals surface area (Å²) in [6.07, 6.45) is 1.31. The summed E-state index contributed by atoms with van der Waals surface area (Å²) in [6.45, 7) is 6.10. The van der Waals surface area contributed by atoms with Crippen LogP contribution < -0.4 is 11.1 Å². The molecule has 6 heteroatoms. The highest BCUT2D eigenvalue weighted by Gasteiger charge is 2.29. The molecular formula is C18H24N2O2S2. The number of rotatable bonds is 5. The van der Waals surface area contributed by atoms with Gasteiger partial charge in [-0.1, -0.05) is 0 Å². The summed E-state index contributed by atoms with van der Waals surface area (Å²) < 4.78 is 11.9. The SMILES string of the molecule is Cc1cc2c(s1)CCOC2CNCC1CO[C@@H](CN)c2ccsc21. The summed E-state index contributed by atoms with van der Waals surface area (Å²) >= 11 is 3.74. The Labute approximate surface area is 151 Å². The maximum Gasteiger partial charge on any atom is 0.0960 e.